The Balaban J connectivity index is 1.16. The molecule has 5 aromatic rings. The van der Waals surface area contributed by atoms with Gasteiger partial charge in [-0.25, -0.2) is 8.78 Å². The number of anilines is 1. The standard InChI is InChI=1S/C41H43F4N7O3/c1-3-28-31(42)8-5-23-11-27(53)12-29(32(23)28)33-35(43)37-34(30-18-49(2)48-36(30)33)39(50-16-25-6-7-26(17-50)52(25)14-22-19-54-20-22)47-40(46-37)55-21-41-9-4-10-51(41)15-24(13-41)38(44)45/h5,8,11-12,18,22,25-26,53H,3-4,6-7,9-10,13-17,19-21H2,1-2H3/t25?,26?,41-/m0/s1. The first-order valence-corrected chi connectivity index (χ1v) is 19.4. The smallest absolute Gasteiger partial charge is 0.319 e. The molecule has 3 aromatic carbocycles. The normalized spacial score (nSPS) is 24.5. The first kappa shape index (κ1) is 34.9. The summed E-state index contributed by atoms with van der Waals surface area (Å²) in [7, 11) is 1.77. The monoisotopic (exact) mass is 757 g/mol. The molecule has 55 heavy (non-hydrogen) atoms. The molecule has 5 aliphatic rings. The molecule has 288 valence electrons. The molecule has 7 heterocycles. The SMILES string of the molecule is CCc1c(F)ccc2cc(O)cc(-c3c(F)c4nc(OC[C@@]56CCCN5CC(=C(F)F)C6)nc(N5CC6CCC(C5)N6CC5COC5)c4c4cn(C)nc34)c12. The second-order valence-corrected chi connectivity index (χ2v) is 16.2. The van der Waals surface area contributed by atoms with Crippen LogP contribution in [0.25, 0.3) is 43.7 Å². The van der Waals surface area contributed by atoms with Gasteiger partial charge in [-0.05, 0) is 85.2 Å². The van der Waals surface area contributed by atoms with E-state index in [9.17, 15) is 13.9 Å². The van der Waals surface area contributed by atoms with Crippen molar-refractivity contribution >= 4 is 38.4 Å². The molecule has 2 unspecified atom stereocenters. The Hall–Kier alpha value is -4.53. The van der Waals surface area contributed by atoms with Crippen molar-refractivity contribution in [1.82, 2.24) is 29.5 Å². The summed E-state index contributed by atoms with van der Waals surface area (Å²) in [5.74, 6) is -0.138. The van der Waals surface area contributed by atoms with E-state index in [-0.39, 0.29) is 60.1 Å². The van der Waals surface area contributed by atoms with Crippen LogP contribution in [0.4, 0.5) is 23.4 Å². The minimum atomic E-state index is -1.64. The molecule has 0 radical (unpaired) electrons. The fraction of sp³-hybridized carbons (Fsp3) is 0.488. The van der Waals surface area contributed by atoms with Crippen LogP contribution in [0.15, 0.2) is 42.1 Å². The van der Waals surface area contributed by atoms with Crippen molar-refractivity contribution in [3.05, 3.63) is 59.3 Å². The maximum atomic E-state index is 17.8. The Morgan fingerprint density at radius 1 is 1.05 bits per heavy atom. The van der Waals surface area contributed by atoms with Crippen LogP contribution in [0.3, 0.4) is 0 Å². The van der Waals surface area contributed by atoms with Crippen molar-refractivity contribution in [2.24, 2.45) is 13.0 Å². The van der Waals surface area contributed by atoms with Crippen LogP contribution in [0.5, 0.6) is 11.8 Å². The summed E-state index contributed by atoms with van der Waals surface area (Å²) >= 11 is 0. The molecule has 2 aromatic heterocycles. The van der Waals surface area contributed by atoms with Gasteiger partial charge >= 0.3 is 6.01 Å². The first-order chi connectivity index (χ1) is 26.6. The number of rotatable bonds is 8. The van der Waals surface area contributed by atoms with Crippen molar-refractivity contribution in [2.45, 2.75) is 63.1 Å². The molecule has 3 atom stereocenters. The molecule has 14 heteroatoms. The van der Waals surface area contributed by atoms with Gasteiger partial charge in [-0.15, -0.1) is 0 Å². The van der Waals surface area contributed by atoms with Gasteiger partial charge in [0.2, 0.25) is 0 Å². The number of hydrogen-bond donors (Lipinski definition) is 1. The number of hydrogen-bond acceptors (Lipinski definition) is 9. The quantitative estimate of drug-likeness (QED) is 0.169. The van der Waals surface area contributed by atoms with Gasteiger partial charge in [0.25, 0.3) is 6.08 Å². The van der Waals surface area contributed by atoms with E-state index >= 15 is 8.78 Å². The highest BCUT2D eigenvalue weighted by Crippen LogP contribution is 2.47. The van der Waals surface area contributed by atoms with E-state index in [4.69, 9.17) is 24.5 Å². The van der Waals surface area contributed by atoms with E-state index in [1.54, 1.807) is 23.9 Å². The van der Waals surface area contributed by atoms with Crippen molar-refractivity contribution in [3.63, 3.8) is 0 Å². The topological polar surface area (TPSA) is 92.0 Å². The molecule has 10 rings (SSSR count). The molecule has 0 spiro atoms. The van der Waals surface area contributed by atoms with Crippen LogP contribution in [-0.4, -0.2) is 105 Å². The molecule has 0 aliphatic carbocycles. The van der Waals surface area contributed by atoms with Gasteiger partial charge in [-0.1, -0.05) is 13.0 Å². The van der Waals surface area contributed by atoms with Crippen LogP contribution < -0.4 is 9.64 Å². The van der Waals surface area contributed by atoms with Gasteiger partial charge in [0.1, 0.15) is 35.0 Å². The van der Waals surface area contributed by atoms with Crippen LogP contribution >= 0.6 is 0 Å². The molecule has 5 aliphatic heterocycles. The zero-order chi connectivity index (χ0) is 37.7. The average Bonchev–Trinajstić information content (AvgIpc) is 3.88. The van der Waals surface area contributed by atoms with E-state index in [2.05, 4.69) is 14.7 Å². The lowest BCUT2D eigenvalue weighted by molar-refractivity contribution is -0.0538. The molecule has 0 saturated carbocycles. The number of phenolic OH excluding ortho intramolecular Hbond substituents is 1. The predicted octanol–water partition coefficient (Wildman–Crippen LogP) is 6.95. The highest BCUT2D eigenvalue weighted by molar-refractivity contribution is 6.18. The lowest BCUT2D eigenvalue weighted by Gasteiger charge is -2.44. The summed E-state index contributed by atoms with van der Waals surface area (Å²) in [4.78, 5) is 16.7. The molecular formula is C41H43F4N7O3. The van der Waals surface area contributed by atoms with Gasteiger partial charge in [0.05, 0.1) is 24.1 Å². The predicted molar refractivity (Wildman–Crippen MR) is 201 cm³/mol. The van der Waals surface area contributed by atoms with Gasteiger partial charge < -0.3 is 19.5 Å². The maximum Gasteiger partial charge on any atom is 0.319 e. The lowest BCUT2D eigenvalue weighted by Crippen LogP contribution is -2.56. The van der Waals surface area contributed by atoms with Crippen molar-refractivity contribution in [3.8, 4) is 22.9 Å². The third-order valence-corrected chi connectivity index (χ3v) is 12.9. The van der Waals surface area contributed by atoms with Crippen molar-refractivity contribution in [2.75, 3.05) is 57.4 Å². The zero-order valence-corrected chi connectivity index (χ0v) is 30.9. The van der Waals surface area contributed by atoms with Gasteiger partial charge in [-0.3, -0.25) is 14.5 Å². The largest absolute Gasteiger partial charge is 0.508 e. The second-order valence-electron chi connectivity index (χ2n) is 16.2. The Labute approximate surface area is 315 Å². The van der Waals surface area contributed by atoms with E-state index in [1.807, 2.05) is 13.1 Å². The number of aryl methyl sites for hydroxylation is 2. The van der Waals surface area contributed by atoms with Crippen LogP contribution in [0.1, 0.15) is 44.6 Å². The highest BCUT2D eigenvalue weighted by Gasteiger charge is 2.49. The molecule has 2 bridgehead atoms. The lowest BCUT2D eigenvalue weighted by atomic mass is 9.90. The van der Waals surface area contributed by atoms with E-state index in [1.165, 1.54) is 12.1 Å². The van der Waals surface area contributed by atoms with Crippen LogP contribution in [-0.2, 0) is 18.2 Å². The third-order valence-electron chi connectivity index (χ3n) is 12.9. The summed E-state index contributed by atoms with van der Waals surface area (Å²) in [6.45, 7) is 6.73. The summed E-state index contributed by atoms with van der Waals surface area (Å²) < 4.78 is 74.4. The number of halogens is 4. The van der Waals surface area contributed by atoms with Crippen LogP contribution in [0.2, 0.25) is 0 Å². The Morgan fingerprint density at radius 2 is 1.85 bits per heavy atom. The summed E-state index contributed by atoms with van der Waals surface area (Å²) in [5, 5.41) is 17.9. The minimum Gasteiger partial charge on any atom is -0.508 e. The van der Waals surface area contributed by atoms with E-state index < -0.39 is 23.3 Å². The number of phenols is 1. The minimum absolute atomic E-state index is 0.0189. The van der Waals surface area contributed by atoms with Crippen molar-refractivity contribution < 1.29 is 32.1 Å². The second kappa shape index (κ2) is 13.0. The maximum absolute atomic E-state index is 17.8. The van der Waals surface area contributed by atoms with Gasteiger partial charge in [0.15, 0.2) is 5.82 Å². The Kier molecular flexibility index (Phi) is 8.27. The molecule has 0 amide bonds. The number of benzene rings is 3. The number of piperazine rings is 1. The fourth-order valence-electron chi connectivity index (χ4n) is 10.3. The van der Waals surface area contributed by atoms with Gasteiger partial charge in [0, 0.05) is 73.9 Å². The van der Waals surface area contributed by atoms with E-state index in [0.29, 0.717) is 82.4 Å². The first-order valence-electron chi connectivity index (χ1n) is 19.4. The Morgan fingerprint density at radius 3 is 2.58 bits per heavy atom. The summed E-state index contributed by atoms with van der Waals surface area (Å²) in [6.07, 6.45) is 4.37. The number of fused-ring (bicyclic) bond motifs is 7. The van der Waals surface area contributed by atoms with Crippen LogP contribution in [0, 0.1) is 17.6 Å². The fourth-order valence-corrected chi connectivity index (χ4v) is 10.3. The van der Waals surface area contributed by atoms with Crippen molar-refractivity contribution in [1.29, 1.82) is 0 Å². The number of nitrogens with zero attached hydrogens (tertiary/aromatic N) is 7. The zero-order valence-electron chi connectivity index (χ0n) is 30.9. The number of aromatic nitrogens is 4. The third kappa shape index (κ3) is 5.57. The van der Waals surface area contributed by atoms with Gasteiger partial charge in [-0.2, -0.15) is 23.8 Å². The summed E-state index contributed by atoms with van der Waals surface area (Å²) in [6, 6.07) is 6.51. The highest BCUT2D eigenvalue weighted by atomic mass is 19.3. The molecular weight excluding hydrogens is 714 g/mol. The molecule has 1 N–H and O–H groups in total. The van der Waals surface area contributed by atoms with E-state index in [0.717, 1.165) is 39.0 Å². The molecule has 10 nitrogen and oxygen atoms in total. The summed E-state index contributed by atoms with van der Waals surface area (Å²) in [5.41, 5.74) is 0.673. The molecule has 5 saturated heterocycles. The molecule has 5 fully saturated rings. The number of aromatic hydroxyl groups is 1. The average molecular weight is 758 g/mol. The number of ether oxygens (including phenoxy) is 2. The Bertz CT molecular complexity index is 2400.